The van der Waals surface area contributed by atoms with Crippen molar-refractivity contribution in [3.8, 4) is 5.75 Å². The summed E-state index contributed by atoms with van der Waals surface area (Å²) in [5.74, 6) is -0.282. The molecule has 4 heteroatoms. The van der Waals surface area contributed by atoms with Gasteiger partial charge >= 0.3 is 0 Å². The summed E-state index contributed by atoms with van der Waals surface area (Å²) in [6.07, 6.45) is 4.44. The van der Waals surface area contributed by atoms with Gasteiger partial charge in [0.25, 0.3) is 5.91 Å². The molecule has 0 heterocycles. The van der Waals surface area contributed by atoms with Gasteiger partial charge in [0, 0.05) is 11.1 Å². The molecular weight excluding hydrogens is 262 g/mol. The lowest BCUT2D eigenvalue weighted by atomic mass is 9.73. The Morgan fingerprint density at radius 2 is 2.16 bits per heavy atom. The standard InChI is InChI=1S/C15H20ClNO2/c1-15(2)8-4-3-5-13(15)17-14(19)11-9-10(16)6-7-12(11)18/h6-7,9,13,18H,3-5,8H2,1-2H3,(H,17,19). The van der Waals surface area contributed by atoms with E-state index in [1.807, 2.05) is 0 Å². The zero-order chi connectivity index (χ0) is 14.0. The smallest absolute Gasteiger partial charge is 0.255 e. The van der Waals surface area contributed by atoms with E-state index in [4.69, 9.17) is 11.6 Å². The summed E-state index contributed by atoms with van der Waals surface area (Å²) in [6.45, 7) is 4.35. The Labute approximate surface area is 119 Å². The number of phenols is 1. The van der Waals surface area contributed by atoms with Crippen molar-refractivity contribution in [1.82, 2.24) is 5.32 Å². The van der Waals surface area contributed by atoms with Gasteiger partial charge in [-0.05, 0) is 36.5 Å². The molecule has 0 saturated heterocycles. The highest BCUT2D eigenvalue weighted by atomic mass is 35.5. The molecule has 1 aliphatic rings. The predicted octanol–water partition coefficient (Wildman–Crippen LogP) is 3.74. The second-order valence-corrected chi connectivity index (χ2v) is 6.36. The molecule has 0 bridgehead atoms. The van der Waals surface area contributed by atoms with E-state index in [9.17, 15) is 9.90 Å². The molecule has 2 N–H and O–H groups in total. The molecule has 1 aliphatic carbocycles. The number of carbonyl (C=O) groups excluding carboxylic acids is 1. The average Bonchev–Trinajstić information content (AvgIpc) is 2.34. The molecule has 1 unspecified atom stereocenters. The maximum absolute atomic E-state index is 12.2. The molecule has 0 aromatic heterocycles. The number of hydrogen-bond acceptors (Lipinski definition) is 2. The van der Waals surface area contributed by atoms with Gasteiger partial charge in [-0.3, -0.25) is 4.79 Å². The Bertz CT molecular complexity index is 485. The number of hydrogen-bond donors (Lipinski definition) is 2. The van der Waals surface area contributed by atoms with Crippen LogP contribution in [0.5, 0.6) is 5.75 Å². The van der Waals surface area contributed by atoms with E-state index >= 15 is 0 Å². The van der Waals surface area contributed by atoms with E-state index in [0.29, 0.717) is 5.02 Å². The lowest BCUT2D eigenvalue weighted by Crippen LogP contribution is -2.46. The number of phenolic OH excluding ortho intramolecular Hbond substituents is 1. The minimum Gasteiger partial charge on any atom is -0.507 e. The van der Waals surface area contributed by atoms with Gasteiger partial charge in [-0.15, -0.1) is 0 Å². The third kappa shape index (κ3) is 3.21. The Balaban J connectivity index is 2.14. The molecule has 2 rings (SSSR count). The second-order valence-electron chi connectivity index (χ2n) is 5.92. The lowest BCUT2D eigenvalue weighted by molar-refractivity contribution is 0.0851. The number of benzene rings is 1. The average molecular weight is 282 g/mol. The van der Waals surface area contributed by atoms with Crippen molar-refractivity contribution in [2.75, 3.05) is 0 Å². The predicted molar refractivity (Wildman–Crippen MR) is 76.6 cm³/mol. The normalized spacial score (nSPS) is 21.9. The summed E-state index contributed by atoms with van der Waals surface area (Å²) in [5, 5.41) is 13.2. The van der Waals surface area contributed by atoms with Crippen LogP contribution in [-0.4, -0.2) is 17.1 Å². The number of nitrogens with one attached hydrogen (secondary N) is 1. The van der Waals surface area contributed by atoms with Crippen molar-refractivity contribution in [1.29, 1.82) is 0 Å². The Morgan fingerprint density at radius 1 is 1.42 bits per heavy atom. The van der Waals surface area contributed by atoms with E-state index in [-0.39, 0.29) is 28.7 Å². The maximum atomic E-state index is 12.2. The molecule has 1 aromatic carbocycles. The Morgan fingerprint density at radius 3 is 2.84 bits per heavy atom. The summed E-state index contributed by atoms with van der Waals surface area (Å²) in [4.78, 5) is 12.2. The molecular formula is C15H20ClNO2. The van der Waals surface area contributed by atoms with Crippen LogP contribution in [0.25, 0.3) is 0 Å². The van der Waals surface area contributed by atoms with Gasteiger partial charge < -0.3 is 10.4 Å². The van der Waals surface area contributed by atoms with Crippen LogP contribution in [0.2, 0.25) is 5.02 Å². The topological polar surface area (TPSA) is 49.3 Å². The fourth-order valence-corrected chi connectivity index (χ4v) is 2.86. The van der Waals surface area contributed by atoms with Crippen LogP contribution in [0.1, 0.15) is 49.9 Å². The van der Waals surface area contributed by atoms with Crippen molar-refractivity contribution in [2.24, 2.45) is 5.41 Å². The van der Waals surface area contributed by atoms with Gasteiger partial charge in [0.2, 0.25) is 0 Å². The number of rotatable bonds is 2. The molecule has 1 saturated carbocycles. The quantitative estimate of drug-likeness (QED) is 0.867. The third-order valence-electron chi connectivity index (χ3n) is 4.02. The van der Waals surface area contributed by atoms with Crippen molar-refractivity contribution >= 4 is 17.5 Å². The molecule has 3 nitrogen and oxygen atoms in total. The summed E-state index contributed by atoms with van der Waals surface area (Å²) >= 11 is 5.87. The van der Waals surface area contributed by atoms with Gasteiger partial charge in [0.15, 0.2) is 0 Å². The third-order valence-corrected chi connectivity index (χ3v) is 4.25. The highest BCUT2D eigenvalue weighted by Crippen LogP contribution is 2.35. The van der Waals surface area contributed by atoms with Crippen molar-refractivity contribution in [3.63, 3.8) is 0 Å². The summed E-state index contributed by atoms with van der Waals surface area (Å²) in [7, 11) is 0. The lowest BCUT2D eigenvalue weighted by Gasteiger charge is -2.39. The van der Waals surface area contributed by atoms with E-state index in [1.54, 1.807) is 6.07 Å². The molecule has 0 aliphatic heterocycles. The SMILES string of the molecule is CC1(C)CCCCC1NC(=O)c1cc(Cl)ccc1O. The summed E-state index contributed by atoms with van der Waals surface area (Å²) in [6, 6.07) is 4.66. The van der Waals surface area contributed by atoms with Crippen LogP contribution in [0, 0.1) is 5.41 Å². The minimum atomic E-state index is -0.250. The number of amides is 1. The fourth-order valence-electron chi connectivity index (χ4n) is 2.69. The minimum absolute atomic E-state index is 0.0319. The van der Waals surface area contributed by atoms with Crippen LogP contribution >= 0.6 is 11.6 Å². The van der Waals surface area contributed by atoms with Gasteiger partial charge in [-0.1, -0.05) is 38.3 Å². The van der Waals surface area contributed by atoms with Gasteiger partial charge in [0.05, 0.1) is 5.56 Å². The zero-order valence-electron chi connectivity index (χ0n) is 11.4. The van der Waals surface area contributed by atoms with Crippen LogP contribution in [0.3, 0.4) is 0 Å². The molecule has 1 atom stereocenters. The van der Waals surface area contributed by atoms with Crippen molar-refractivity contribution < 1.29 is 9.90 Å². The van der Waals surface area contributed by atoms with Crippen LogP contribution < -0.4 is 5.32 Å². The summed E-state index contributed by atoms with van der Waals surface area (Å²) in [5.41, 5.74) is 0.344. The van der Waals surface area contributed by atoms with E-state index in [2.05, 4.69) is 19.2 Å². The van der Waals surface area contributed by atoms with Gasteiger partial charge in [0.1, 0.15) is 5.75 Å². The fraction of sp³-hybridized carbons (Fsp3) is 0.533. The first-order chi connectivity index (χ1) is 8.90. The van der Waals surface area contributed by atoms with Crippen LogP contribution in [0.15, 0.2) is 18.2 Å². The molecule has 1 fully saturated rings. The monoisotopic (exact) mass is 281 g/mol. The molecule has 104 valence electrons. The van der Waals surface area contributed by atoms with Crippen LogP contribution in [-0.2, 0) is 0 Å². The Hall–Kier alpha value is -1.22. The number of aromatic hydroxyl groups is 1. The molecule has 19 heavy (non-hydrogen) atoms. The number of halogens is 1. The highest BCUT2D eigenvalue weighted by molar-refractivity contribution is 6.31. The number of carbonyl (C=O) groups is 1. The summed E-state index contributed by atoms with van der Waals surface area (Å²) < 4.78 is 0. The molecule has 1 amide bonds. The van der Waals surface area contributed by atoms with Crippen molar-refractivity contribution in [3.05, 3.63) is 28.8 Å². The molecule has 1 aromatic rings. The molecule has 0 spiro atoms. The maximum Gasteiger partial charge on any atom is 0.255 e. The highest BCUT2D eigenvalue weighted by Gasteiger charge is 2.33. The van der Waals surface area contributed by atoms with Crippen LogP contribution in [0.4, 0.5) is 0 Å². The van der Waals surface area contributed by atoms with E-state index < -0.39 is 0 Å². The van der Waals surface area contributed by atoms with E-state index in [0.717, 1.165) is 19.3 Å². The van der Waals surface area contributed by atoms with E-state index in [1.165, 1.54) is 18.6 Å². The Kier molecular flexibility index (Phi) is 4.04. The first kappa shape index (κ1) is 14.2. The second kappa shape index (κ2) is 5.41. The van der Waals surface area contributed by atoms with Gasteiger partial charge in [-0.25, -0.2) is 0 Å². The molecule has 0 radical (unpaired) electrons. The first-order valence-corrected chi connectivity index (χ1v) is 7.07. The van der Waals surface area contributed by atoms with Gasteiger partial charge in [-0.2, -0.15) is 0 Å². The van der Waals surface area contributed by atoms with Crippen molar-refractivity contribution in [2.45, 2.75) is 45.6 Å². The zero-order valence-corrected chi connectivity index (χ0v) is 12.1. The first-order valence-electron chi connectivity index (χ1n) is 6.69. The largest absolute Gasteiger partial charge is 0.507 e.